The van der Waals surface area contributed by atoms with E-state index in [1.807, 2.05) is 6.07 Å². The molecule has 3 N–H and O–H groups in total. The van der Waals surface area contributed by atoms with Crippen LogP contribution in [0.2, 0.25) is 0 Å². The number of nitrogens with two attached hydrogens (primary N) is 1. The third-order valence-electron chi connectivity index (χ3n) is 2.56. The second-order valence-electron chi connectivity index (χ2n) is 3.61. The van der Waals surface area contributed by atoms with E-state index < -0.39 is 5.97 Å². The molecule has 1 aliphatic rings. The molecule has 0 aromatic carbocycles. The fourth-order valence-electron chi connectivity index (χ4n) is 1.51. The first-order chi connectivity index (χ1) is 7.16. The van der Waals surface area contributed by atoms with Crippen LogP contribution in [0.15, 0.2) is 23.4 Å². The molecule has 1 fully saturated rings. The van der Waals surface area contributed by atoms with E-state index in [2.05, 4.69) is 4.98 Å². The van der Waals surface area contributed by atoms with Crippen LogP contribution < -0.4 is 5.73 Å². The van der Waals surface area contributed by atoms with Crippen molar-refractivity contribution in [3.05, 3.63) is 18.3 Å². The average molecular weight is 224 g/mol. The molecule has 2 rings (SSSR count). The first-order valence-corrected chi connectivity index (χ1v) is 5.66. The van der Waals surface area contributed by atoms with Gasteiger partial charge in [0, 0.05) is 5.25 Å². The SMILES string of the molecule is Nc1ccc(SC2CCC2C(=O)O)nc1. The predicted molar refractivity (Wildman–Crippen MR) is 58.7 cm³/mol. The second-order valence-corrected chi connectivity index (χ2v) is 4.87. The number of hydrogen-bond acceptors (Lipinski definition) is 4. The molecule has 1 aromatic heterocycles. The molecule has 1 heterocycles. The van der Waals surface area contributed by atoms with Gasteiger partial charge in [-0.25, -0.2) is 4.98 Å². The average Bonchev–Trinajstić information content (AvgIpc) is 2.14. The molecule has 1 saturated carbocycles. The Bertz CT molecular complexity index is 366. The number of thioether (sulfide) groups is 1. The van der Waals surface area contributed by atoms with Crippen LogP contribution in [0.5, 0.6) is 0 Å². The Morgan fingerprint density at radius 3 is 2.80 bits per heavy atom. The van der Waals surface area contributed by atoms with Gasteiger partial charge in [-0.3, -0.25) is 4.79 Å². The van der Waals surface area contributed by atoms with Gasteiger partial charge in [0.1, 0.15) is 0 Å². The lowest BCUT2D eigenvalue weighted by atomic mass is 9.85. The zero-order valence-electron chi connectivity index (χ0n) is 8.09. The van der Waals surface area contributed by atoms with E-state index in [1.54, 1.807) is 12.3 Å². The summed E-state index contributed by atoms with van der Waals surface area (Å²) in [6.07, 6.45) is 3.33. The van der Waals surface area contributed by atoms with Gasteiger partial charge in [0.15, 0.2) is 0 Å². The summed E-state index contributed by atoms with van der Waals surface area (Å²) in [5, 5.41) is 9.88. The standard InChI is InChI=1S/C10H12N2O2S/c11-6-1-4-9(12-5-6)15-8-3-2-7(8)10(13)14/h1,4-5,7-8H,2-3,11H2,(H,13,14). The van der Waals surface area contributed by atoms with Gasteiger partial charge in [0.25, 0.3) is 0 Å². The van der Waals surface area contributed by atoms with E-state index in [1.165, 1.54) is 11.8 Å². The third kappa shape index (κ3) is 2.23. The van der Waals surface area contributed by atoms with Crippen molar-refractivity contribution < 1.29 is 9.90 Å². The van der Waals surface area contributed by atoms with Crippen LogP contribution in [0.25, 0.3) is 0 Å². The van der Waals surface area contributed by atoms with Crippen molar-refractivity contribution in [3.8, 4) is 0 Å². The molecule has 5 heteroatoms. The van der Waals surface area contributed by atoms with Gasteiger partial charge >= 0.3 is 5.97 Å². The lowest BCUT2D eigenvalue weighted by Gasteiger charge is -2.32. The summed E-state index contributed by atoms with van der Waals surface area (Å²) in [7, 11) is 0. The number of carboxylic acids is 1. The van der Waals surface area contributed by atoms with Gasteiger partial charge in [0.05, 0.1) is 22.8 Å². The maximum Gasteiger partial charge on any atom is 0.307 e. The van der Waals surface area contributed by atoms with Gasteiger partial charge < -0.3 is 10.8 Å². The molecule has 0 saturated heterocycles. The summed E-state index contributed by atoms with van der Waals surface area (Å²) >= 11 is 1.53. The first-order valence-electron chi connectivity index (χ1n) is 4.78. The minimum Gasteiger partial charge on any atom is -0.481 e. The van der Waals surface area contributed by atoms with Crippen LogP contribution in [0.4, 0.5) is 5.69 Å². The highest BCUT2D eigenvalue weighted by molar-refractivity contribution is 8.00. The molecule has 1 aromatic rings. The van der Waals surface area contributed by atoms with E-state index >= 15 is 0 Å². The molecule has 0 bridgehead atoms. The molecule has 15 heavy (non-hydrogen) atoms. The normalized spacial score (nSPS) is 24.5. The number of nitrogens with zero attached hydrogens (tertiary/aromatic N) is 1. The Hall–Kier alpha value is -1.23. The number of carbonyl (C=O) groups is 1. The van der Waals surface area contributed by atoms with Crippen LogP contribution in [-0.4, -0.2) is 21.3 Å². The first kappa shape index (κ1) is 10.3. The molecule has 0 radical (unpaired) electrons. The Kier molecular flexibility index (Phi) is 2.81. The van der Waals surface area contributed by atoms with E-state index in [0.717, 1.165) is 17.9 Å². The maximum atomic E-state index is 10.8. The maximum absolute atomic E-state index is 10.8. The van der Waals surface area contributed by atoms with Crippen molar-refractivity contribution >= 4 is 23.4 Å². The van der Waals surface area contributed by atoms with Gasteiger partial charge in [-0.2, -0.15) is 0 Å². The third-order valence-corrected chi connectivity index (χ3v) is 3.91. The van der Waals surface area contributed by atoms with Gasteiger partial charge in [0.2, 0.25) is 0 Å². The minimum absolute atomic E-state index is 0.165. The summed E-state index contributed by atoms with van der Waals surface area (Å²) in [6.45, 7) is 0. The summed E-state index contributed by atoms with van der Waals surface area (Å²) in [5.41, 5.74) is 6.14. The van der Waals surface area contributed by atoms with Crippen LogP contribution in [0, 0.1) is 5.92 Å². The van der Waals surface area contributed by atoms with Gasteiger partial charge in [-0.1, -0.05) is 0 Å². The largest absolute Gasteiger partial charge is 0.481 e. The fourth-order valence-corrected chi connectivity index (χ4v) is 2.75. The molecule has 0 aliphatic heterocycles. The van der Waals surface area contributed by atoms with E-state index in [9.17, 15) is 4.79 Å². The summed E-state index contributed by atoms with van der Waals surface area (Å²) < 4.78 is 0. The molecular weight excluding hydrogens is 212 g/mol. The number of anilines is 1. The Morgan fingerprint density at radius 1 is 1.53 bits per heavy atom. The predicted octanol–water partition coefficient (Wildman–Crippen LogP) is 1.62. The van der Waals surface area contributed by atoms with Crippen molar-refractivity contribution in [3.63, 3.8) is 0 Å². The monoisotopic (exact) mass is 224 g/mol. The van der Waals surface area contributed by atoms with Crippen molar-refractivity contribution in [2.24, 2.45) is 5.92 Å². The lowest BCUT2D eigenvalue weighted by Crippen LogP contribution is -2.35. The van der Waals surface area contributed by atoms with Gasteiger partial charge in [-0.15, -0.1) is 11.8 Å². The smallest absolute Gasteiger partial charge is 0.307 e. The number of aromatic nitrogens is 1. The van der Waals surface area contributed by atoms with Crippen LogP contribution >= 0.6 is 11.8 Å². The van der Waals surface area contributed by atoms with Crippen LogP contribution in [0.3, 0.4) is 0 Å². The highest BCUT2D eigenvalue weighted by Gasteiger charge is 2.37. The zero-order chi connectivity index (χ0) is 10.8. The molecule has 80 valence electrons. The summed E-state index contributed by atoms with van der Waals surface area (Å²) in [4.78, 5) is 14.9. The molecule has 1 aliphatic carbocycles. The Labute approximate surface area is 91.9 Å². The molecule has 0 spiro atoms. The zero-order valence-corrected chi connectivity index (χ0v) is 8.91. The Morgan fingerprint density at radius 2 is 2.33 bits per heavy atom. The van der Waals surface area contributed by atoms with Crippen LogP contribution in [0.1, 0.15) is 12.8 Å². The summed E-state index contributed by atoms with van der Waals surface area (Å²) in [6, 6.07) is 3.61. The fraction of sp³-hybridized carbons (Fsp3) is 0.400. The quantitative estimate of drug-likeness (QED) is 0.815. The summed E-state index contributed by atoms with van der Waals surface area (Å²) in [5.74, 6) is -0.913. The molecule has 2 atom stereocenters. The van der Waals surface area contributed by atoms with E-state index in [-0.39, 0.29) is 11.2 Å². The minimum atomic E-state index is -0.700. The number of nitrogen functional groups attached to an aromatic ring is 1. The highest BCUT2D eigenvalue weighted by Crippen LogP contribution is 2.40. The number of hydrogen-bond donors (Lipinski definition) is 2. The second kappa shape index (κ2) is 4.10. The lowest BCUT2D eigenvalue weighted by molar-refractivity contribution is -0.144. The van der Waals surface area contributed by atoms with Gasteiger partial charge in [-0.05, 0) is 25.0 Å². The molecular formula is C10H12N2O2S. The number of pyridine rings is 1. The molecule has 2 unspecified atom stereocenters. The molecule has 0 amide bonds. The Balaban J connectivity index is 1.97. The molecule has 4 nitrogen and oxygen atoms in total. The number of rotatable bonds is 3. The van der Waals surface area contributed by atoms with E-state index in [4.69, 9.17) is 10.8 Å². The highest BCUT2D eigenvalue weighted by atomic mass is 32.2. The van der Waals surface area contributed by atoms with Crippen LogP contribution in [-0.2, 0) is 4.79 Å². The van der Waals surface area contributed by atoms with Crippen molar-refractivity contribution in [1.29, 1.82) is 0 Å². The number of carboxylic acid groups (broad SMARTS) is 1. The van der Waals surface area contributed by atoms with Crippen molar-refractivity contribution in [2.45, 2.75) is 23.1 Å². The van der Waals surface area contributed by atoms with Crippen molar-refractivity contribution in [1.82, 2.24) is 4.98 Å². The number of aliphatic carboxylic acids is 1. The van der Waals surface area contributed by atoms with E-state index in [0.29, 0.717) is 5.69 Å². The van der Waals surface area contributed by atoms with Crippen molar-refractivity contribution in [2.75, 3.05) is 5.73 Å². The topological polar surface area (TPSA) is 76.2 Å².